The minimum atomic E-state index is -0.850. The minimum absolute atomic E-state index is 0.147. The molecule has 1 aliphatic carbocycles. The van der Waals surface area contributed by atoms with Gasteiger partial charge in [-0.15, -0.1) is 0 Å². The first kappa shape index (κ1) is 23.3. The van der Waals surface area contributed by atoms with Crippen molar-refractivity contribution in [2.75, 3.05) is 0 Å². The van der Waals surface area contributed by atoms with Crippen LogP contribution in [0.25, 0.3) is 5.57 Å². The number of fused-ring (bicyclic) bond motifs is 1. The van der Waals surface area contributed by atoms with Crippen LogP contribution >= 0.6 is 0 Å². The van der Waals surface area contributed by atoms with Crippen molar-refractivity contribution in [3.8, 4) is 0 Å². The summed E-state index contributed by atoms with van der Waals surface area (Å²) in [5.41, 5.74) is 7.76. The van der Waals surface area contributed by atoms with E-state index in [-0.39, 0.29) is 29.3 Å². The van der Waals surface area contributed by atoms with Crippen molar-refractivity contribution in [3.05, 3.63) is 76.4 Å². The molecular formula is C29H36N2O2. The summed E-state index contributed by atoms with van der Waals surface area (Å²) >= 11 is 0. The lowest BCUT2D eigenvalue weighted by Gasteiger charge is -2.42. The normalized spacial score (nSPS) is 20.4. The topological polar surface area (TPSA) is 49.4 Å². The van der Waals surface area contributed by atoms with Crippen molar-refractivity contribution in [1.29, 1.82) is 0 Å². The van der Waals surface area contributed by atoms with E-state index in [1.807, 2.05) is 24.3 Å². The Bertz CT molecular complexity index is 1150. The molecule has 4 heteroatoms. The lowest BCUT2D eigenvalue weighted by Crippen LogP contribution is -2.40. The van der Waals surface area contributed by atoms with Crippen LogP contribution in [0.1, 0.15) is 87.8 Å². The van der Waals surface area contributed by atoms with Crippen molar-refractivity contribution in [1.82, 2.24) is 10.2 Å². The van der Waals surface area contributed by atoms with E-state index in [0.717, 1.165) is 16.7 Å². The number of nitrogens with zero attached hydrogens (tertiary/aromatic N) is 1. The van der Waals surface area contributed by atoms with Crippen LogP contribution in [-0.2, 0) is 22.2 Å². The second-order valence-corrected chi connectivity index (χ2v) is 11.6. The van der Waals surface area contributed by atoms with Crippen molar-refractivity contribution in [3.63, 3.8) is 0 Å². The highest BCUT2D eigenvalue weighted by Crippen LogP contribution is 2.47. The van der Waals surface area contributed by atoms with Gasteiger partial charge >= 0.3 is 6.03 Å². The van der Waals surface area contributed by atoms with Crippen LogP contribution < -0.4 is 5.32 Å². The largest absolute Gasteiger partial charge is 0.325 e. The molecule has 0 radical (unpaired) electrons. The molecule has 4 nitrogen and oxygen atoms in total. The smallest absolute Gasteiger partial charge is 0.324 e. The lowest BCUT2D eigenvalue weighted by molar-refractivity contribution is -0.130. The van der Waals surface area contributed by atoms with Crippen LogP contribution in [0.2, 0.25) is 0 Å². The van der Waals surface area contributed by atoms with E-state index in [4.69, 9.17) is 0 Å². The highest BCUT2D eigenvalue weighted by molar-refractivity contribution is 6.06. The van der Waals surface area contributed by atoms with Crippen LogP contribution in [0.15, 0.2) is 43.0 Å². The molecule has 174 valence electrons. The lowest BCUT2D eigenvalue weighted by atomic mass is 9.62. The van der Waals surface area contributed by atoms with E-state index in [1.165, 1.54) is 40.0 Å². The summed E-state index contributed by atoms with van der Waals surface area (Å²) in [5, 5.41) is 2.73. The van der Waals surface area contributed by atoms with Gasteiger partial charge < -0.3 is 5.32 Å². The maximum absolute atomic E-state index is 12.5. The number of hydrogen-bond donors (Lipinski definition) is 1. The maximum atomic E-state index is 12.5. The second-order valence-electron chi connectivity index (χ2n) is 11.6. The Morgan fingerprint density at radius 3 is 2.00 bits per heavy atom. The number of carbonyl (C=O) groups excluding carboxylic acids is 2. The average molecular weight is 445 g/mol. The maximum Gasteiger partial charge on any atom is 0.325 e. The van der Waals surface area contributed by atoms with E-state index in [1.54, 1.807) is 13.8 Å². The molecule has 1 saturated heterocycles. The van der Waals surface area contributed by atoms with Gasteiger partial charge in [0.1, 0.15) is 5.54 Å². The number of hydrogen-bond acceptors (Lipinski definition) is 2. The number of imide groups is 1. The summed E-state index contributed by atoms with van der Waals surface area (Å²) in [6.45, 7) is 19.7. The van der Waals surface area contributed by atoms with Gasteiger partial charge in [0.2, 0.25) is 0 Å². The summed E-state index contributed by atoms with van der Waals surface area (Å²) in [4.78, 5) is 26.0. The van der Waals surface area contributed by atoms with Crippen LogP contribution in [0.4, 0.5) is 4.79 Å². The molecule has 4 rings (SSSR count). The minimum Gasteiger partial charge on any atom is -0.324 e. The van der Waals surface area contributed by atoms with Crippen molar-refractivity contribution >= 4 is 17.5 Å². The molecule has 0 atom stereocenters. The molecule has 1 heterocycles. The Balaban J connectivity index is 1.61. The molecule has 33 heavy (non-hydrogen) atoms. The van der Waals surface area contributed by atoms with Gasteiger partial charge in [0, 0.05) is 0 Å². The number of nitrogens with one attached hydrogen (secondary N) is 1. The number of benzene rings is 2. The Morgan fingerprint density at radius 1 is 0.939 bits per heavy atom. The van der Waals surface area contributed by atoms with Crippen LogP contribution in [0.5, 0.6) is 0 Å². The zero-order valence-electron chi connectivity index (χ0n) is 21.1. The third-order valence-electron chi connectivity index (χ3n) is 7.61. The first-order valence-corrected chi connectivity index (χ1v) is 11.8. The molecule has 0 spiro atoms. The molecule has 2 aromatic carbocycles. The van der Waals surface area contributed by atoms with Gasteiger partial charge in [-0.3, -0.25) is 9.69 Å². The van der Waals surface area contributed by atoms with E-state index in [2.05, 4.69) is 58.6 Å². The van der Waals surface area contributed by atoms with Gasteiger partial charge in [-0.2, -0.15) is 0 Å². The van der Waals surface area contributed by atoms with Gasteiger partial charge in [0.15, 0.2) is 0 Å². The standard InChI is InChI=1S/C29H36N2O2/c1-18-15-23-24(28(5,6)14-13-27(23,3)4)16-22(18)19(2)21-11-9-20(10-12-21)17-31-25(32)29(7,8)30-26(31)33/h9-12,15-16H,2,13-14,17H2,1,3-8H3,(H,30,33). The molecule has 0 bridgehead atoms. The zero-order chi connectivity index (χ0) is 24.3. The number of rotatable bonds is 4. The number of amides is 3. The molecule has 0 saturated carbocycles. The highest BCUT2D eigenvalue weighted by atomic mass is 16.2. The van der Waals surface area contributed by atoms with Gasteiger partial charge in [0.25, 0.3) is 5.91 Å². The molecule has 0 aromatic heterocycles. The van der Waals surface area contributed by atoms with E-state index in [0.29, 0.717) is 0 Å². The third kappa shape index (κ3) is 4.01. The molecule has 1 aliphatic heterocycles. The monoisotopic (exact) mass is 444 g/mol. The molecule has 2 aliphatic rings. The SMILES string of the molecule is C=C(c1ccc(CN2C(=O)NC(C)(C)C2=O)cc1)c1cc2c(cc1C)C(C)(C)CCC2(C)C. The van der Waals surface area contributed by atoms with Crippen LogP contribution in [0, 0.1) is 6.92 Å². The van der Waals surface area contributed by atoms with Gasteiger partial charge in [0.05, 0.1) is 6.54 Å². The van der Waals surface area contributed by atoms with Gasteiger partial charge in [-0.1, -0.05) is 70.7 Å². The fourth-order valence-electron chi connectivity index (χ4n) is 5.16. The number of carbonyl (C=O) groups is 2. The van der Waals surface area contributed by atoms with Crippen molar-refractivity contribution in [2.45, 2.75) is 84.2 Å². The van der Waals surface area contributed by atoms with Crippen molar-refractivity contribution < 1.29 is 9.59 Å². The summed E-state index contributed by atoms with van der Waals surface area (Å²) in [7, 11) is 0. The van der Waals surface area contributed by atoms with Crippen molar-refractivity contribution in [2.24, 2.45) is 0 Å². The first-order valence-electron chi connectivity index (χ1n) is 11.8. The van der Waals surface area contributed by atoms with E-state index >= 15 is 0 Å². The van der Waals surface area contributed by atoms with E-state index in [9.17, 15) is 9.59 Å². The molecule has 3 amide bonds. The highest BCUT2D eigenvalue weighted by Gasteiger charge is 2.44. The molecule has 1 N–H and O–H groups in total. The van der Waals surface area contributed by atoms with Crippen LogP contribution in [-0.4, -0.2) is 22.4 Å². The Hall–Kier alpha value is -2.88. The van der Waals surface area contributed by atoms with Crippen LogP contribution in [0.3, 0.4) is 0 Å². The van der Waals surface area contributed by atoms with Gasteiger partial charge in [-0.25, -0.2) is 4.79 Å². The molecule has 0 unspecified atom stereocenters. The molecule has 2 aromatic rings. The van der Waals surface area contributed by atoms with E-state index < -0.39 is 5.54 Å². The Kier molecular flexibility index (Phi) is 5.35. The fourth-order valence-corrected chi connectivity index (χ4v) is 5.16. The number of aryl methyl sites for hydroxylation is 1. The predicted octanol–water partition coefficient (Wildman–Crippen LogP) is 6.24. The first-order chi connectivity index (χ1) is 15.2. The number of urea groups is 1. The fraction of sp³-hybridized carbons (Fsp3) is 0.448. The summed E-state index contributed by atoms with van der Waals surface area (Å²) in [6, 6.07) is 12.4. The zero-order valence-corrected chi connectivity index (χ0v) is 21.1. The third-order valence-corrected chi connectivity index (χ3v) is 7.61. The molecular weight excluding hydrogens is 408 g/mol. The van der Waals surface area contributed by atoms with Gasteiger partial charge in [-0.05, 0) is 83.4 Å². The molecule has 1 fully saturated rings. The quantitative estimate of drug-likeness (QED) is 0.568. The summed E-state index contributed by atoms with van der Waals surface area (Å²) in [5.74, 6) is -0.198. The summed E-state index contributed by atoms with van der Waals surface area (Å²) in [6.07, 6.45) is 2.37. The second kappa shape index (κ2) is 7.58. The average Bonchev–Trinajstić information content (AvgIpc) is 2.93. The predicted molar refractivity (Wildman–Crippen MR) is 134 cm³/mol. The Labute approximate surface area is 198 Å². The Morgan fingerprint density at radius 2 is 1.48 bits per heavy atom. The summed E-state index contributed by atoms with van der Waals surface area (Å²) < 4.78 is 0.